The van der Waals surface area contributed by atoms with Crippen LogP contribution in [-0.4, -0.2) is 24.8 Å². The number of carbonyl (C=O) groups excluding carboxylic acids is 2. The number of nitrogen functional groups attached to an aromatic ring is 1. The average molecular weight is 292 g/mol. The van der Waals surface area contributed by atoms with E-state index in [1.54, 1.807) is 45.0 Å². The van der Waals surface area contributed by atoms with Crippen molar-refractivity contribution in [2.45, 2.75) is 26.4 Å². The van der Waals surface area contributed by atoms with E-state index in [1.807, 2.05) is 0 Å². The SMILES string of the molecule is COC(=O)/C(=C/c1cccc(N)c1)NC(=O)OC(C)(C)C. The highest BCUT2D eigenvalue weighted by Gasteiger charge is 2.20. The fraction of sp³-hybridized carbons (Fsp3) is 0.333. The number of nitrogens with two attached hydrogens (primary N) is 1. The normalized spacial score (nSPS) is 11.7. The molecule has 0 bridgehead atoms. The summed E-state index contributed by atoms with van der Waals surface area (Å²) in [7, 11) is 1.23. The Morgan fingerprint density at radius 3 is 2.48 bits per heavy atom. The monoisotopic (exact) mass is 292 g/mol. The van der Waals surface area contributed by atoms with E-state index in [2.05, 4.69) is 10.1 Å². The molecule has 0 saturated heterocycles. The summed E-state index contributed by atoms with van der Waals surface area (Å²) in [6.45, 7) is 5.18. The molecule has 0 aromatic heterocycles. The van der Waals surface area contributed by atoms with Crippen LogP contribution in [-0.2, 0) is 14.3 Å². The van der Waals surface area contributed by atoms with Gasteiger partial charge in [-0.1, -0.05) is 12.1 Å². The molecule has 0 aliphatic rings. The van der Waals surface area contributed by atoms with Crippen LogP contribution in [0.4, 0.5) is 10.5 Å². The molecule has 0 heterocycles. The average Bonchev–Trinajstić information content (AvgIpc) is 2.34. The number of hydrogen-bond acceptors (Lipinski definition) is 5. The third-order valence-electron chi connectivity index (χ3n) is 2.26. The largest absolute Gasteiger partial charge is 0.464 e. The predicted molar refractivity (Wildman–Crippen MR) is 80.2 cm³/mol. The predicted octanol–water partition coefficient (Wildman–Crippen LogP) is 2.31. The van der Waals surface area contributed by atoms with Gasteiger partial charge in [0.2, 0.25) is 0 Å². The van der Waals surface area contributed by atoms with Crippen molar-refractivity contribution in [3.8, 4) is 0 Å². The Balaban J connectivity index is 2.96. The van der Waals surface area contributed by atoms with Gasteiger partial charge in [0.25, 0.3) is 0 Å². The molecule has 1 amide bonds. The first kappa shape index (κ1) is 16.6. The molecule has 3 N–H and O–H groups in total. The summed E-state index contributed by atoms with van der Waals surface area (Å²) in [5.41, 5.74) is 6.18. The van der Waals surface area contributed by atoms with Gasteiger partial charge in [0.15, 0.2) is 0 Å². The lowest BCUT2D eigenvalue weighted by atomic mass is 10.1. The topological polar surface area (TPSA) is 90.6 Å². The quantitative estimate of drug-likeness (QED) is 0.507. The fourth-order valence-electron chi connectivity index (χ4n) is 1.49. The molecule has 0 saturated carbocycles. The summed E-state index contributed by atoms with van der Waals surface area (Å²) in [5.74, 6) is -0.678. The number of rotatable bonds is 3. The molecule has 0 radical (unpaired) electrons. The van der Waals surface area contributed by atoms with E-state index in [0.717, 1.165) is 0 Å². The molecule has 1 aromatic rings. The van der Waals surface area contributed by atoms with Crippen molar-refractivity contribution >= 4 is 23.8 Å². The van der Waals surface area contributed by atoms with Gasteiger partial charge in [0.1, 0.15) is 11.3 Å². The van der Waals surface area contributed by atoms with Gasteiger partial charge >= 0.3 is 12.1 Å². The minimum absolute atomic E-state index is 0.0302. The van der Waals surface area contributed by atoms with Crippen LogP contribution in [0.3, 0.4) is 0 Å². The number of methoxy groups -OCH3 is 1. The second kappa shape index (κ2) is 6.78. The van der Waals surface area contributed by atoms with Crippen LogP contribution in [0.25, 0.3) is 6.08 Å². The minimum atomic E-state index is -0.733. The van der Waals surface area contributed by atoms with E-state index < -0.39 is 17.7 Å². The molecule has 0 fully saturated rings. The van der Waals surface area contributed by atoms with E-state index in [4.69, 9.17) is 10.5 Å². The molecule has 1 aromatic carbocycles. The van der Waals surface area contributed by atoms with Crippen molar-refractivity contribution in [2.24, 2.45) is 0 Å². The molecule has 0 aliphatic heterocycles. The zero-order valence-electron chi connectivity index (χ0n) is 12.6. The maximum Gasteiger partial charge on any atom is 0.412 e. The third-order valence-corrected chi connectivity index (χ3v) is 2.26. The van der Waals surface area contributed by atoms with E-state index in [-0.39, 0.29) is 5.70 Å². The smallest absolute Gasteiger partial charge is 0.412 e. The fourth-order valence-corrected chi connectivity index (χ4v) is 1.49. The molecule has 1 rings (SSSR count). The molecule has 0 aliphatic carbocycles. The molecular weight excluding hydrogens is 272 g/mol. The number of anilines is 1. The van der Waals surface area contributed by atoms with Gasteiger partial charge in [0, 0.05) is 5.69 Å². The number of alkyl carbamates (subject to hydrolysis) is 1. The Morgan fingerprint density at radius 2 is 1.95 bits per heavy atom. The lowest BCUT2D eigenvalue weighted by Gasteiger charge is -2.20. The van der Waals surface area contributed by atoms with Crippen molar-refractivity contribution in [1.82, 2.24) is 5.32 Å². The van der Waals surface area contributed by atoms with Crippen LogP contribution in [0.5, 0.6) is 0 Å². The van der Waals surface area contributed by atoms with Gasteiger partial charge < -0.3 is 15.2 Å². The molecule has 0 unspecified atom stereocenters. The number of hydrogen-bond donors (Lipinski definition) is 2. The van der Waals surface area contributed by atoms with Gasteiger partial charge in [-0.15, -0.1) is 0 Å². The second-order valence-corrected chi connectivity index (χ2v) is 5.35. The summed E-state index contributed by atoms with van der Waals surface area (Å²) in [5, 5.41) is 2.38. The zero-order chi connectivity index (χ0) is 16.0. The van der Waals surface area contributed by atoms with E-state index in [9.17, 15) is 9.59 Å². The Morgan fingerprint density at radius 1 is 1.29 bits per heavy atom. The molecule has 6 nitrogen and oxygen atoms in total. The third kappa shape index (κ3) is 5.99. The lowest BCUT2D eigenvalue weighted by Crippen LogP contribution is -2.34. The van der Waals surface area contributed by atoms with E-state index in [0.29, 0.717) is 11.3 Å². The van der Waals surface area contributed by atoms with Crippen molar-refractivity contribution < 1.29 is 19.1 Å². The molecular formula is C15H20N2O4. The van der Waals surface area contributed by atoms with Crippen LogP contribution in [0, 0.1) is 0 Å². The van der Waals surface area contributed by atoms with Gasteiger partial charge in [-0.05, 0) is 44.5 Å². The van der Waals surface area contributed by atoms with Gasteiger partial charge in [-0.2, -0.15) is 0 Å². The first-order chi connectivity index (χ1) is 9.71. The zero-order valence-corrected chi connectivity index (χ0v) is 12.6. The standard InChI is InChI=1S/C15H20N2O4/c1-15(2,3)21-14(19)17-12(13(18)20-4)9-10-6-5-7-11(16)8-10/h5-9H,16H2,1-4H3,(H,17,19)/b12-9-. The van der Waals surface area contributed by atoms with Gasteiger partial charge in [0.05, 0.1) is 7.11 Å². The molecule has 114 valence electrons. The number of ether oxygens (including phenoxy) is 2. The highest BCUT2D eigenvalue weighted by atomic mass is 16.6. The van der Waals surface area contributed by atoms with Crippen molar-refractivity contribution in [3.63, 3.8) is 0 Å². The maximum absolute atomic E-state index is 11.7. The first-order valence-electron chi connectivity index (χ1n) is 6.37. The van der Waals surface area contributed by atoms with Crippen LogP contribution in [0.2, 0.25) is 0 Å². The summed E-state index contributed by atoms with van der Waals surface area (Å²) < 4.78 is 9.74. The lowest BCUT2D eigenvalue weighted by molar-refractivity contribution is -0.136. The highest BCUT2D eigenvalue weighted by molar-refractivity contribution is 5.96. The van der Waals surface area contributed by atoms with Crippen LogP contribution in [0.15, 0.2) is 30.0 Å². The highest BCUT2D eigenvalue weighted by Crippen LogP contribution is 2.12. The summed E-state index contributed by atoms with van der Waals surface area (Å²) in [6, 6.07) is 6.87. The van der Waals surface area contributed by atoms with Crippen LogP contribution >= 0.6 is 0 Å². The Labute approximate surface area is 123 Å². The number of amides is 1. The number of benzene rings is 1. The maximum atomic E-state index is 11.7. The Hall–Kier alpha value is -2.50. The van der Waals surface area contributed by atoms with Crippen LogP contribution in [0.1, 0.15) is 26.3 Å². The summed E-state index contributed by atoms with van der Waals surface area (Å²) in [4.78, 5) is 23.5. The number of esters is 1. The molecule has 21 heavy (non-hydrogen) atoms. The summed E-state index contributed by atoms with van der Waals surface area (Å²) >= 11 is 0. The van der Waals surface area contributed by atoms with Gasteiger partial charge in [-0.3, -0.25) is 5.32 Å². The second-order valence-electron chi connectivity index (χ2n) is 5.35. The number of carbonyl (C=O) groups is 2. The van der Waals surface area contributed by atoms with Gasteiger partial charge in [-0.25, -0.2) is 9.59 Å². The van der Waals surface area contributed by atoms with Crippen molar-refractivity contribution in [3.05, 3.63) is 35.5 Å². The molecule has 6 heteroatoms. The van der Waals surface area contributed by atoms with Crippen LogP contribution < -0.4 is 11.1 Å². The van der Waals surface area contributed by atoms with Crippen molar-refractivity contribution in [1.29, 1.82) is 0 Å². The minimum Gasteiger partial charge on any atom is -0.464 e. The van der Waals surface area contributed by atoms with E-state index >= 15 is 0 Å². The summed E-state index contributed by atoms with van der Waals surface area (Å²) in [6.07, 6.45) is 0.731. The number of nitrogens with one attached hydrogen (secondary N) is 1. The van der Waals surface area contributed by atoms with E-state index in [1.165, 1.54) is 13.2 Å². The Bertz CT molecular complexity index is 559. The first-order valence-corrected chi connectivity index (χ1v) is 6.37. The molecule has 0 atom stereocenters. The molecule has 0 spiro atoms. The Kier molecular flexibility index (Phi) is 5.35. The van der Waals surface area contributed by atoms with Crippen molar-refractivity contribution in [2.75, 3.05) is 12.8 Å².